The first-order chi connectivity index (χ1) is 15.2. The SMILES string of the molecule is O=C(Nc1ccc(C(F)(F)F)cc1)N1CCC(n2cc(Cl)cn2)C(c2cccc(Cl)c2)=N1. The van der Waals surface area contributed by atoms with E-state index in [9.17, 15) is 18.0 Å². The third-order valence-corrected chi connectivity index (χ3v) is 5.30. The lowest BCUT2D eigenvalue weighted by atomic mass is 9.99. The van der Waals surface area contributed by atoms with E-state index in [-0.39, 0.29) is 18.3 Å². The molecule has 1 atom stereocenters. The van der Waals surface area contributed by atoms with Gasteiger partial charge in [-0.15, -0.1) is 0 Å². The van der Waals surface area contributed by atoms with Gasteiger partial charge in [-0.3, -0.25) is 4.68 Å². The Morgan fingerprint density at radius 1 is 1.09 bits per heavy atom. The highest BCUT2D eigenvalue weighted by atomic mass is 35.5. The molecule has 0 bridgehead atoms. The number of alkyl halides is 3. The molecule has 4 rings (SSSR count). The molecule has 0 saturated heterocycles. The number of hydrogen-bond acceptors (Lipinski definition) is 3. The minimum absolute atomic E-state index is 0.225. The molecule has 32 heavy (non-hydrogen) atoms. The molecule has 0 radical (unpaired) electrons. The van der Waals surface area contributed by atoms with Crippen molar-refractivity contribution in [2.75, 3.05) is 11.9 Å². The molecule has 6 nitrogen and oxygen atoms in total. The molecular formula is C21H16Cl2F3N5O. The fourth-order valence-electron chi connectivity index (χ4n) is 3.35. The van der Waals surface area contributed by atoms with Crippen LogP contribution in [0.2, 0.25) is 10.0 Å². The molecule has 1 aliphatic heterocycles. The predicted molar refractivity (Wildman–Crippen MR) is 116 cm³/mol. The van der Waals surface area contributed by atoms with Crippen molar-refractivity contribution in [3.05, 3.63) is 82.1 Å². The van der Waals surface area contributed by atoms with Gasteiger partial charge in [-0.05, 0) is 42.8 Å². The second-order valence-electron chi connectivity index (χ2n) is 7.07. The summed E-state index contributed by atoms with van der Waals surface area (Å²) in [5.74, 6) is 0. The fraction of sp³-hybridized carbons (Fsp3) is 0.190. The molecule has 0 fully saturated rings. The molecule has 1 aromatic heterocycles. The number of anilines is 1. The Balaban J connectivity index is 1.60. The van der Waals surface area contributed by atoms with Crippen LogP contribution in [0.5, 0.6) is 0 Å². The van der Waals surface area contributed by atoms with Gasteiger partial charge >= 0.3 is 12.2 Å². The summed E-state index contributed by atoms with van der Waals surface area (Å²) < 4.78 is 39.9. The number of urea groups is 1. The van der Waals surface area contributed by atoms with Crippen molar-refractivity contribution >= 4 is 40.6 Å². The topological polar surface area (TPSA) is 62.5 Å². The summed E-state index contributed by atoms with van der Waals surface area (Å²) in [5.41, 5.74) is 0.696. The van der Waals surface area contributed by atoms with E-state index in [0.29, 0.717) is 27.7 Å². The summed E-state index contributed by atoms with van der Waals surface area (Å²) in [6, 6.07) is 10.4. The van der Waals surface area contributed by atoms with Gasteiger partial charge in [0, 0.05) is 29.0 Å². The standard InChI is InChI=1S/C21H16Cl2F3N5O/c22-15-3-1-2-13(10-15)19-18(31-12-16(23)11-27-31)8-9-30(29-19)20(32)28-17-6-4-14(5-7-17)21(24,25)26/h1-7,10-12,18H,8-9H2,(H,28,32). The average Bonchev–Trinajstić information content (AvgIpc) is 3.19. The smallest absolute Gasteiger partial charge is 0.306 e. The second-order valence-corrected chi connectivity index (χ2v) is 7.94. The maximum Gasteiger partial charge on any atom is 0.416 e. The van der Waals surface area contributed by atoms with Crippen LogP contribution in [0.1, 0.15) is 23.6 Å². The lowest BCUT2D eigenvalue weighted by molar-refractivity contribution is -0.137. The monoisotopic (exact) mass is 481 g/mol. The van der Waals surface area contributed by atoms with E-state index in [2.05, 4.69) is 15.5 Å². The second kappa shape index (κ2) is 8.84. The van der Waals surface area contributed by atoms with Crippen molar-refractivity contribution < 1.29 is 18.0 Å². The number of carbonyl (C=O) groups excluding carboxylic acids is 1. The largest absolute Gasteiger partial charge is 0.416 e. The number of nitrogens with zero attached hydrogens (tertiary/aromatic N) is 4. The van der Waals surface area contributed by atoms with Crippen LogP contribution in [0.25, 0.3) is 0 Å². The van der Waals surface area contributed by atoms with Gasteiger partial charge in [0.2, 0.25) is 0 Å². The number of halogens is 5. The lowest BCUT2D eigenvalue weighted by Crippen LogP contribution is -2.39. The van der Waals surface area contributed by atoms with E-state index in [4.69, 9.17) is 23.2 Å². The van der Waals surface area contributed by atoms with Crippen molar-refractivity contribution in [3.63, 3.8) is 0 Å². The maximum absolute atomic E-state index is 12.8. The zero-order chi connectivity index (χ0) is 22.9. The molecular weight excluding hydrogens is 466 g/mol. The Kier molecular flexibility index (Phi) is 6.12. The van der Waals surface area contributed by atoms with Crippen LogP contribution in [-0.2, 0) is 6.18 Å². The predicted octanol–water partition coefficient (Wildman–Crippen LogP) is 6.09. The van der Waals surface area contributed by atoms with Crippen LogP contribution < -0.4 is 5.32 Å². The van der Waals surface area contributed by atoms with Crippen molar-refractivity contribution in [1.29, 1.82) is 0 Å². The van der Waals surface area contributed by atoms with Crippen molar-refractivity contribution in [2.45, 2.75) is 18.6 Å². The molecule has 0 spiro atoms. The van der Waals surface area contributed by atoms with Gasteiger partial charge in [0.15, 0.2) is 0 Å². The molecule has 0 saturated carbocycles. The van der Waals surface area contributed by atoms with E-state index in [1.54, 1.807) is 29.1 Å². The zero-order valence-corrected chi connectivity index (χ0v) is 17.9. The van der Waals surface area contributed by atoms with Gasteiger partial charge in [0.25, 0.3) is 0 Å². The molecule has 0 aliphatic carbocycles. The van der Waals surface area contributed by atoms with Gasteiger partial charge in [-0.25, -0.2) is 9.80 Å². The van der Waals surface area contributed by atoms with Crippen LogP contribution in [0.4, 0.5) is 23.7 Å². The Morgan fingerprint density at radius 3 is 2.47 bits per heavy atom. The van der Waals surface area contributed by atoms with Gasteiger partial charge in [-0.1, -0.05) is 35.3 Å². The summed E-state index contributed by atoms with van der Waals surface area (Å²) >= 11 is 12.2. The summed E-state index contributed by atoms with van der Waals surface area (Å²) in [5, 5.41) is 13.6. The third kappa shape index (κ3) is 4.89. The number of carbonyl (C=O) groups is 1. The van der Waals surface area contributed by atoms with E-state index in [1.807, 2.05) is 6.07 Å². The highest BCUT2D eigenvalue weighted by Crippen LogP contribution is 2.30. The summed E-state index contributed by atoms with van der Waals surface area (Å²) in [4.78, 5) is 12.8. The number of hydrogen-bond donors (Lipinski definition) is 1. The van der Waals surface area contributed by atoms with Gasteiger partial charge in [0.1, 0.15) is 0 Å². The summed E-state index contributed by atoms with van der Waals surface area (Å²) in [7, 11) is 0. The highest BCUT2D eigenvalue weighted by Gasteiger charge is 2.31. The molecule has 3 aromatic rings. The third-order valence-electron chi connectivity index (χ3n) is 4.87. The number of benzene rings is 2. The average molecular weight is 482 g/mol. The quantitative estimate of drug-likeness (QED) is 0.491. The van der Waals surface area contributed by atoms with Crippen LogP contribution in [0.15, 0.2) is 66.0 Å². The fourth-order valence-corrected chi connectivity index (χ4v) is 3.68. The first-order valence-electron chi connectivity index (χ1n) is 9.50. The van der Waals surface area contributed by atoms with E-state index >= 15 is 0 Å². The van der Waals surface area contributed by atoms with Crippen LogP contribution >= 0.6 is 23.2 Å². The zero-order valence-electron chi connectivity index (χ0n) is 16.4. The van der Waals surface area contributed by atoms with Crippen LogP contribution in [0.3, 0.4) is 0 Å². The highest BCUT2D eigenvalue weighted by molar-refractivity contribution is 6.31. The molecule has 11 heteroatoms. The Hall–Kier alpha value is -3.04. The molecule has 1 aliphatic rings. The van der Waals surface area contributed by atoms with Gasteiger partial charge < -0.3 is 5.32 Å². The minimum atomic E-state index is -4.45. The number of amides is 2. The number of hydrazone groups is 1. The normalized spacial score (nSPS) is 16.6. The first-order valence-corrected chi connectivity index (χ1v) is 10.3. The minimum Gasteiger partial charge on any atom is -0.306 e. The summed E-state index contributed by atoms with van der Waals surface area (Å²) in [6.45, 7) is 0.263. The van der Waals surface area contributed by atoms with Crippen molar-refractivity contribution in [2.24, 2.45) is 5.10 Å². The molecule has 2 aromatic carbocycles. The van der Waals surface area contributed by atoms with E-state index in [0.717, 1.165) is 12.1 Å². The maximum atomic E-state index is 12.8. The Bertz CT molecular complexity index is 1160. The Labute approximate surface area is 191 Å². The van der Waals surface area contributed by atoms with E-state index in [1.165, 1.54) is 23.3 Å². The van der Waals surface area contributed by atoms with Crippen molar-refractivity contribution in [1.82, 2.24) is 14.8 Å². The van der Waals surface area contributed by atoms with Crippen molar-refractivity contribution in [3.8, 4) is 0 Å². The Morgan fingerprint density at radius 2 is 1.84 bits per heavy atom. The molecule has 166 valence electrons. The van der Waals surface area contributed by atoms with Gasteiger partial charge in [-0.2, -0.15) is 23.4 Å². The number of nitrogens with one attached hydrogen (secondary N) is 1. The van der Waals surface area contributed by atoms with Crippen LogP contribution in [-0.4, -0.2) is 33.1 Å². The van der Waals surface area contributed by atoms with E-state index < -0.39 is 17.8 Å². The summed E-state index contributed by atoms with van der Waals surface area (Å²) in [6.07, 6.45) is -0.773. The molecule has 1 N–H and O–H groups in total. The number of rotatable bonds is 3. The van der Waals surface area contributed by atoms with Crippen LogP contribution in [0, 0.1) is 0 Å². The molecule has 2 heterocycles. The number of aromatic nitrogens is 2. The molecule has 1 unspecified atom stereocenters. The molecule has 2 amide bonds. The lowest BCUT2D eigenvalue weighted by Gasteiger charge is -2.30. The van der Waals surface area contributed by atoms with Gasteiger partial charge in [0.05, 0.1) is 28.5 Å². The first kappa shape index (κ1) is 22.2.